The number of nitrogens with one attached hydrogen (secondary N) is 1. The summed E-state index contributed by atoms with van der Waals surface area (Å²) in [6, 6.07) is 0.540. The lowest BCUT2D eigenvalue weighted by Gasteiger charge is -2.27. The molecule has 0 radical (unpaired) electrons. The molecule has 0 amide bonds. The van der Waals surface area contributed by atoms with Crippen LogP contribution < -0.4 is 5.32 Å². The monoisotopic (exact) mass is 159 g/mol. The van der Waals surface area contributed by atoms with Gasteiger partial charge in [0.2, 0.25) is 0 Å². The molecule has 0 aromatic carbocycles. The van der Waals surface area contributed by atoms with Crippen molar-refractivity contribution in [1.29, 1.82) is 0 Å². The first-order chi connectivity index (χ1) is 5.17. The quantitative estimate of drug-likeness (QED) is 0.665. The molecule has 1 N–H and O–H groups in total. The van der Waals surface area contributed by atoms with Gasteiger partial charge in [-0.2, -0.15) is 0 Å². The summed E-state index contributed by atoms with van der Waals surface area (Å²) in [5.41, 5.74) is 0.384. The Morgan fingerprint density at radius 1 is 1.55 bits per heavy atom. The zero-order valence-corrected chi connectivity index (χ0v) is 7.49. The maximum atomic E-state index is 11.8. The van der Waals surface area contributed by atoms with E-state index in [0.717, 1.165) is 0 Å². The second-order valence-electron chi connectivity index (χ2n) is 4.08. The molecule has 66 valence electrons. The van der Waals surface area contributed by atoms with Gasteiger partial charge < -0.3 is 5.32 Å². The Bertz CT molecular complexity index is 123. The summed E-state index contributed by atoms with van der Waals surface area (Å²) in [4.78, 5) is 0. The fourth-order valence-corrected chi connectivity index (χ4v) is 1.93. The van der Waals surface area contributed by atoms with E-state index in [2.05, 4.69) is 19.2 Å². The van der Waals surface area contributed by atoms with Crippen molar-refractivity contribution in [2.24, 2.45) is 5.41 Å². The van der Waals surface area contributed by atoms with E-state index in [0.29, 0.717) is 18.0 Å². The van der Waals surface area contributed by atoms with Crippen molar-refractivity contribution in [2.45, 2.75) is 39.2 Å². The Hall–Kier alpha value is -0.110. The largest absolute Gasteiger partial charge is 0.311 e. The first-order valence-electron chi connectivity index (χ1n) is 4.46. The van der Waals surface area contributed by atoms with Crippen LogP contribution in [0.25, 0.3) is 0 Å². The molecule has 2 heteroatoms. The zero-order valence-electron chi connectivity index (χ0n) is 7.49. The second kappa shape index (κ2) is 3.53. The molecule has 0 aromatic rings. The SMILES string of the molecule is CC1(C)CCCC1NCCF. The van der Waals surface area contributed by atoms with Crippen LogP contribution in [-0.4, -0.2) is 19.3 Å². The average Bonchev–Trinajstić information content (AvgIpc) is 2.25. The first-order valence-corrected chi connectivity index (χ1v) is 4.46. The van der Waals surface area contributed by atoms with Gasteiger partial charge in [0, 0.05) is 12.6 Å². The van der Waals surface area contributed by atoms with Crippen LogP contribution in [0.3, 0.4) is 0 Å². The van der Waals surface area contributed by atoms with Gasteiger partial charge in [0.1, 0.15) is 6.67 Å². The molecule has 0 aliphatic heterocycles. The van der Waals surface area contributed by atoms with E-state index in [9.17, 15) is 4.39 Å². The Labute approximate surface area is 68.4 Å². The first kappa shape index (κ1) is 8.98. The van der Waals surface area contributed by atoms with Crippen LogP contribution in [0.2, 0.25) is 0 Å². The highest BCUT2D eigenvalue weighted by atomic mass is 19.1. The molecule has 1 rings (SSSR count). The van der Waals surface area contributed by atoms with E-state index in [1.54, 1.807) is 0 Å². The van der Waals surface area contributed by atoms with Gasteiger partial charge in [-0.15, -0.1) is 0 Å². The van der Waals surface area contributed by atoms with Gasteiger partial charge >= 0.3 is 0 Å². The smallest absolute Gasteiger partial charge is 0.102 e. The van der Waals surface area contributed by atoms with Crippen LogP contribution >= 0.6 is 0 Å². The van der Waals surface area contributed by atoms with Crippen molar-refractivity contribution in [3.63, 3.8) is 0 Å². The third-order valence-electron chi connectivity index (χ3n) is 2.74. The molecule has 1 saturated carbocycles. The Kier molecular flexibility index (Phi) is 2.88. The average molecular weight is 159 g/mol. The van der Waals surface area contributed by atoms with Gasteiger partial charge in [0.25, 0.3) is 0 Å². The van der Waals surface area contributed by atoms with Gasteiger partial charge in [0.15, 0.2) is 0 Å². The topological polar surface area (TPSA) is 12.0 Å². The number of halogens is 1. The lowest BCUT2D eigenvalue weighted by molar-refractivity contribution is 0.276. The lowest BCUT2D eigenvalue weighted by Crippen LogP contribution is -2.38. The molecule has 1 aliphatic carbocycles. The molecule has 1 atom stereocenters. The van der Waals surface area contributed by atoms with Crippen LogP contribution in [0.1, 0.15) is 33.1 Å². The third kappa shape index (κ3) is 2.16. The predicted octanol–water partition coefficient (Wildman–Crippen LogP) is 2.12. The van der Waals surface area contributed by atoms with E-state index in [4.69, 9.17) is 0 Å². The molecule has 1 nitrogen and oxygen atoms in total. The fraction of sp³-hybridized carbons (Fsp3) is 1.00. The van der Waals surface area contributed by atoms with E-state index < -0.39 is 0 Å². The maximum absolute atomic E-state index is 11.8. The minimum Gasteiger partial charge on any atom is -0.311 e. The van der Waals surface area contributed by atoms with Crippen LogP contribution in [0.5, 0.6) is 0 Å². The van der Waals surface area contributed by atoms with E-state index in [-0.39, 0.29) is 6.67 Å². The van der Waals surface area contributed by atoms with Crippen molar-refractivity contribution < 1.29 is 4.39 Å². The van der Waals surface area contributed by atoms with Gasteiger partial charge in [-0.25, -0.2) is 4.39 Å². The Morgan fingerprint density at radius 2 is 2.27 bits per heavy atom. The highest BCUT2D eigenvalue weighted by molar-refractivity contribution is 4.89. The van der Waals surface area contributed by atoms with Crippen molar-refractivity contribution >= 4 is 0 Å². The summed E-state index contributed by atoms with van der Waals surface area (Å²) in [5.74, 6) is 0. The number of hydrogen-bond donors (Lipinski definition) is 1. The van der Waals surface area contributed by atoms with Gasteiger partial charge in [0.05, 0.1) is 0 Å². The van der Waals surface area contributed by atoms with Crippen molar-refractivity contribution in [1.82, 2.24) is 5.32 Å². The Balaban J connectivity index is 2.32. The van der Waals surface area contributed by atoms with Gasteiger partial charge in [-0.3, -0.25) is 0 Å². The standard InChI is InChI=1S/C9H18FN/c1-9(2)5-3-4-8(9)11-7-6-10/h8,11H,3-7H2,1-2H3. The van der Waals surface area contributed by atoms with E-state index in [1.807, 2.05) is 0 Å². The lowest BCUT2D eigenvalue weighted by atomic mass is 9.87. The summed E-state index contributed by atoms with van der Waals surface area (Å²) < 4.78 is 11.8. The molecule has 1 unspecified atom stereocenters. The van der Waals surface area contributed by atoms with Gasteiger partial charge in [-0.05, 0) is 18.3 Å². The van der Waals surface area contributed by atoms with Crippen LogP contribution in [0.15, 0.2) is 0 Å². The minimum atomic E-state index is -0.243. The molecule has 1 aliphatic rings. The highest BCUT2D eigenvalue weighted by Crippen LogP contribution is 2.36. The van der Waals surface area contributed by atoms with E-state index >= 15 is 0 Å². The minimum absolute atomic E-state index is 0.243. The molecule has 0 bridgehead atoms. The van der Waals surface area contributed by atoms with Crippen LogP contribution in [-0.2, 0) is 0 Å². The summed E-state index contributed by atoms with van der Waals surface area (Å²) in [6.45, 7) is 4.80. The fourth-order valence-electron chi connectivity index (χ4n) is 1.93. The van der Waals surface area contributed by atoms with E-state index in [1.165, 1.54) is 19.3 Å². The molecule has 1 fully saturated rings. The number of hydrogen-bond acceptors (Lipinski definition) is 1. The summed E-state index contributed by atoms with van der Waals surface area (Å²) in [6.07, 6.45) is 3.78. The summed E-state index contributed by atoms with van der Waals surface area (Å²) in [5, 5.41) is 3.25. The Morgan fingerprint density at radius 3 is 2.73 bits per heavy atom. The maximum Gasteiger partial charge on any atom is 0.102 e. The highest BCUT2D eigenvalue weighted by Gasteiger charge is 2.33. The van der Waals surface area contributed by atoms with Crippen LogP contribution in [0.4, 0.5) is 4.39 Å². The van der Waals surface area contributed by atoms with Crippen molar-refractivity contribution in [3.8, 4) is 0 Å². The molecular weight excluding hydrogens is 141 g/mol. The molecule has 0 aromatic heterocycles. The second-order valence-corrected chi connectivity index (χ2v) is 4.08. The van der Waals surface area contributed by atoms with Gasteiger partial charge in [-0.1, -0.05) is 20.3 Å². The van der Waals surface area contributed by atoms with Crippen molar-refractivity contribution in [3.05, 3.63) is 0 Å². The van der Waals surface area contributed by atoms with Crippen LogP contribution in [0, 0.1) is 5.41 Å². The number of rotatable bonds is 3. The molecule has 0 saturated heterocycles. The summed E-state index contributed by atoms with van der Waals surface area (Å²) in [7, 11) is 0. The number of alkyl halides is 1. The normalized spacial score (nSPS) is 29.2. The molecule has 11 heavy (non-hydrogen) atoms. The van der Waals surface area contributed by atoms with Crippen molar-refractivity contribution in [2.75, 3.05) is 13.2 Å². The predicted molar refractivity (Wildman–Crippen MR) is 45.4 cm³/mol. The zero-order chi connectivity index (χ0) is 8.32. The molecular formula is C9H18FN. The molecule has 0 heterocycles. The molecule has 0 spiro atoms. The third-order valence-corrected chi connectivity index (χ3v) is 2.74. The summed E-state index contributed by atoms with van der Waals surface area (Å²) >= 11 is 0.